The summed E-state index contributed by atoms with van der Waals surface area (Å²) in [4.78, 5) is 12.2. The number of aromatic nitrogens is 2. The Morgan fingerprint density at radius 2 is 1.81 bits per heavy atom. The quantitative estimate of drug-likeness (QED) is 0.653. The molecule has 0 saturated heterocycles. The fourth-order valence-electron chi connectivity index (χ4n) is 2.15. The van der Waals surface area contributed by atoms with Crippen LogP contribution in [0.1, 0.15) is 27.3 Å². The van der Waals surface area contributed by atoms with Crippen LogP contribution in [0.25, 0.3) is 11.1 Å². The summed E-state index contributed by atoms with van der Waals surface area (Å²) >= 11 is 7.47. The van der Waals surface area contributed by atoms with Crippen LogP contribution in [-0.2, 0) is 0 Å². The number of benzene rings is 2. The van der Waals surface area contributed by atoms with Crippen LogP contribution in [0.2, 0.25) is 0 Å². The van der Waals surface area contributed by atoms with Gasteiger partial charge >= 0.3 is 0 Å². The average Bonchev–Trinajstić information content (AvgIpc) is 3.15. The first-order valence-electron chi connectivity index (χ1n) is 7.96. The van der Waals surface area contributed by atoms with Gasteiger partial charge in [0.15, 0.2) is 5.01 Å². The largest absolute Gasteiger partial charge is 0.494 e. The number of nitrogens with one attached hydrogen (secondary N) is 1. The minimum atomic E-state index is -0.314. The summed E-state index contributed by atoms with van der Waals surface area (Å²) in [7, 11) is 0. The third kappa shape index (κ3) is 4.68. The number of carbonyl (C=O) groups excluding carboxylic acids is 1. The van der Waals surface area contributed by atoms with Crippen molar-refractivity contribution < 1.29 is 9.53 Å². The molecule has 0 fully saturated rings. The first-order chi connectivity index (χ1) is 12.7. The molecule has 7 heteroatoms. The lowest BCUT2D eigenvalue weighted by Crippen LogP contribution is -2.11. The summed E-state index contributed by atoms with van der Waals surface area (Å²) in [6.07, 6.45) is 1.77. The van der Waals surface area contributed by atoms with Gasteiger partial charge < -0.3 is 10.1 Å². The highest BCUT2D eigenvalue weighted by atomic mass is 35.5. The number of para-hydroxylation sites is 1. The zero-order valence-electron chi connectivity index (χ0n) is 14.0. The molecule has 0 aliphatic carbocycles. The maximum Gasteiger partial charge on any atom is 0.286 e. The fraction of sp³-hybridized carbons (Fsp3) is 0.105. The predicted molar refractivity (Wildman–Crippen MR) is 106 cm³/mol. The molecule has 26 heavy (non-hydrogen) atoms. The van der Waals surface area contributed by atoms with E-state index in [1.807, 2.05) is 49.4 Å². The minimum absolute atomic E-state index is 0.252. The van der Waals surface area contributed by atoms with Gasteiger partial charge in [-0.3, -0.25) is 4.79 Å². The number of amides is 1. The maximum absolute atomic E-state index is 12.2. The van der Waals surface area contributed by atoms with Crippen molar-refractivity contribution in [1.82, 2.24) is 10.2 Å². The molecule has 0 aliphatic rings. The zero-order chi connectivity index (χ0) is 18.4. The van der Waals surface area contributed by atoms with Gasteiger partial charge in [0.1, 0.15) is 5.75 Å². The van der Waals surface area contributed by atoms with Crippen molar-refractivity contribution in [3.63, 3.8) is 0 Å². The number of anilines is 1. The van der Waals surface area contributed by atoms with E-state index in [4.69, 9.17) is 16.3 Å². The summed E-state index contributed by atoms with van der Waals surface area (Å²) in [6, 6.07) is 16.7. The van der Waals surface area contributed by atoms with Crippen molar-refractivity contribution in [2.45, 2.75) is 6.92 Å². The summed E-state index contributed by atoms with van der Waals surface area (Å²) in [5.74, 6) is 0.488. The van der Waals surface area contributed by atoms with E-state index in [0.717, 1.165) is 22.6 Å². The molecule has 3 aromatic rings. The molecule has 1 aromatic heterocycles. The monoisotopic (exact) mass is 385 g/mol. The second kappa shape index (κ2) is 8.60. The zero-order valence-corrected chi connectivity index (χ0v) is 15.6. The Kier molecular flexibility index (Phi) is 5.99. The first kappa shape index (κ1) is 18.1. The number of halogens is 1. The van der Waals surface area contributed by atoms with Crippen LogP contribution >= 0.6 is 22.9 Å². The van der Waals surface area contributed by atoms with E-state index in [1.165, 1.54) is 0 Å². The van der Waals surface area contributed by atoms with Gasteiger partial charge in [-0.2, -0.15) is 0 Å². The molecule has 2 aromatic carbocycles. The smallest absolute Gasteiger partial charge is 0.286 e. The molecule has 5 nitrogen and oxygen atoms in total. The van der Waals surface area contributed by atoms with Crippen LogP contribution in [0.4, 0.5) is 5.69 Å². The van der Waals surface area contributed by atoms with E-state index in [2.05, 4.69) is 15.5 Å². The minimum Gasteiger partial charge on any atom is -0.494 e. The van der Waals surface area contributed by atoms with E-state index in [1.54, 1.807) is 18.2 Å². The molecule has 1 heterocycles. The lowest BCUT2D eigenvalue weighted by Gasteiger charge is -2.02. The molecular weight excluding hydrogens is 370 g/mol. The lowest BCUT2D eigenvalue weighted by atomic mass is 10.2. The Hall–Kier alpha value is -2.70. The molecule has 1 N–H and O–H groups in total. The number of nitrogens with zero attached hydrogens (tertiary/aromatic N) is 2. The number of hydrogen-bond acceptors (Lipinski definition) is 5. The van der Waals surface area contributed by atoms with E-state index in [-0.39, 0.29) is 10.9 Å². The Morgan fingerprint density at radius 3 is 2.50 bits per heavy atom. The summed E-state index contributed by atoms with van der Waals surface area (Å²) in [5.41, 5.74) is 1.61. The lowest BCUT2D eigenvalue weighted by molar-refractivity contribution is 0.102. The molecule has 1 amide bonds. The Labute approximate surface area is 160 Å². The van der Waals surface area contributed by atoms with Crippen LogP contribution < -0.4 is 10.1 Å². The number of carbonyl (C=O) groups is 1. The number of ether oxygens (including phenoxy) is 1. The summed E-state index contributed by atoms with van der Waals surface area (Å²) < 4.78 is 5.41. The second-order valence-corrected chi connectivity index (χ2v) is 6.61. The van der Waals surface area contributed by atoms with Gasteiger partial charge in [-0.1, -0.05) is 53.3 Å². The van der Waals surface area contributed by atoms with Crippen LogP contribution in [0.15, 0.2) is 54.6 Å². The molecule has 0 radical (unpaired) electrons. The molecule has 132 valence electrons. The third-order valence-corrected chi connectivity index (χ3v) is 4.70. The van der Waals surface area contributed by atoms with E-state index >= 15 is 0 Å². The molecule has 0 aliphatic heterocycles. The van der Waals surface area contributed by atoms with Crippen molar-refractivity contribution in [3.05, 3.63) is 70.2 Å². The van der Waals surface area contributed by atoms with E-state index in [0.29, 0.717) is 22.3 Å². The predicted octanol–water partition coefficient (Wildman–Crippen LogP) is 4.93. The average molecular weight is 386 g/mol. The SMILES string of the molecule is CCOc1ccc(/C=C(\Cl)c2nnc(C(=O)Nc3ccccc3)s2)cc1. The normalized spacial score (nSPS) is 11.2. The maximum atomic E-state index is 12.2. The van der Waals surface area contributed by atoms with Crippen molar-refractivity contribution in [2.24, 2.45) is 0 Å². The van der Waals surface area contributed by atoms with Crippen molar-refractivity contribution >= 4 is 45.6 Å². The van der Waals surface area contributed by atoms with Gasteiger partial charge in [0.05, 0.1) is 11.6 Å². The molecule has 0 saturated carbocycles. The first-order valence-corrected chi connectivity index (χ1v) is 9.15. The Morgan fingerprint density at radius 1 is 1.12 bits per heavy atom. The molecule has 0 spiro atoms. The second-order valence-electron chi connectivity index (χ2n) is 5.23. The van der Waals surface area contributed by atoms with E-state index in [9.17, 15) is 4.79 Å². The van der Waals surface area contributed by atoms with Crippen molar-refractivity contribution in [3.8, 4) is 5.75 Å². The van der Waals surface area contributed by atoms with Crippen molar-refractivity contribution in [2.75, 3.05) is 11.9 Å². The third-order valence-electron chi connectivity index (χ3n) is 3.34. The van der Waals surface area contributed by atoms with Gasteiger partial charge in [-0.05, 0) is 42.8 Å². The highest BCUT2D eigenvalue weighted by molar-refractivity contribution is 7.15. The highest BCUT2D eigenvalue weighted by Gasteiger charge is 2.14. The topological polar surface area (TPSA) is 64.1 Å². The molecule has 0 bridgehead atoms. The highest BCUT2D eigenvalue weighted by Crippen LogP contribution is 2.26. The number of rotatable bonds is 6. The molecule has 0 unspecified atom stereocenters. The van der Waals surface area contributed by atoms with Crippen LogP contribution in [0.3, 0.4) is 0 Å². The van der Waals surface area contributed by atoms with Gasteiger partial charge in [0, 0.05) is 5.69 Å². The molecule has 0 atom stereocenters. The van der Waals surface area contributed by atoms with Gasteiger partial charge in [0.25, 0.3) is 5.91 Å². The standard InChI is InChI=1S/C19H16ClN3O2S/c1-2-25-15-10-8-13(9-11-15)12-16(20)18-22-23-19(26-18)17(24)21-14-6-4-3-5-7-14/h3-12H,2H2,1H3,(H,21,24)/b16-12-. The Bertz CT molecular complexity index is 908. The Balaban J connectivity index is 1.70. The van der Waals surface area contributed by atoms with Crippen LogP contribution in [0, 0.1) is 0 Å². The van der Waals surface area contributed by atoms with Crippen LogP contribution in [-0.4, -0.2) is 22.7 Å². The molecular formula is C19H16ClN3O2S. The van der Waals surface area contributed by atoms with Gasteiger partial charge in [0.2, 0.25) is 5.01 Å². The van der Waals surface area contributed by atoms with Crippen LogP contribution in [0.5, 0.6) is 5.75 Å². The fourth-order valence-corrected chi connectivity index (χ4v) is 3.08. The summed E-state index contributed by atoms with van der Waals surface area (Å²) in [5, 5.41) is 11.9. The molecule has 3 rings (SSSR count). The number of hydrogen-bond donors (Lipinski definition) is 1. The van der Waals surface area contributed by atoms with Gasteiger partial charge in [-0.25, -0.2) is 0 Å². The van der Waals surface area contributed by atoms with Crippen molar-refractivity contribution in [1.29, 1.82) is 0 Å². The van der Waals surface area contributed by atoms with E-state index < -0.39 is 0 Å². The summed E-state index contributed by atoms with van der Waals surface area (Å²) in [6.45, 7) is 2.56. The van der Waals surface area contributed by atoms with Gasteiger partial charge in [-0.15, -0.1) is 10.2 Å².